The lowest BCUT2D eigenvalue weighted by molar-refractivity contribution is -0.121. The van der Waals surface area contributed by atoms with Crippen LogP contribution in [0.5, 0.6) is 0 Å². The molecular weight excluding hydrogens is 358 g/mol. The topological polar surface area (TPSA) is 20.3 Å². The van der Waals surface area contributed by atoms with E-state index in [0.29, 0.717) is 17.9 Å². The molecule has 3 rings (SSSR count). The van der Waals surface area contributed by atoms with Gasteiger partial charge in [-0.3, -0.25) is 4.79 Å². The third kappa shape index (κ3) is 2.25. The van der Waals surface area contributed by atoms with Crippen molar-refractivity contribution >= 4 is 43.3 Å². The fraction of sp³-hybridized carbons (Fsp3) is 0.500. The summed E-state index contributed by atoms with van der Waals surface area (Å²) in [5.41, 5.74) is 1.23. The van der Waals surface area contributed by atoms with Crippen molar-refractivity contribution in [3.63, 3.8) is 0 Å². The predicted molar refractivity (Wildman–Crippen MR) is 80.0 cm³/mol. The molecule has 2 atom stereocenters. The molecule has 1 aromatic rings. The van der Waals surface area contributed by atoms with Gasteiger partial charge in [0.2, 0.25) is 0 Å². The molecule has 2 saturated heterocycles. The quantitative estimate of drug-likeness (QED) is 0.732. The summed E-state index contributed by atoms with van der Waals surface area (Å²) >= 11 is 7.18. The molecule has 0 N–H and O–H groups in total. The molecule has 18 heavy (non-hydrogen) atoms. The second-order valence-corrected chi connectivity index (χ2v) is 6.96. The van der Waals surface area contributed by atoms with Gasteiger partial charge in [0.05, 0.1) is 5.69 Å². The van der Waals surface area contributed by atoms with Gasteiger partial charge in [0.1, 0.15) is 5.78 Å². The number of anilines is 1. The van der Waals surface area contributed by atoms with Crippen molar-refractivity contribution in [2.24, 2.45) is 0 Å². The van der Waals surface area contributed by atoms with E-state index in [0.717, 1.165) is 34.6 Å². The van der Waals surface area contributed by atoms with Gasteiger partial charge in [0.15, 0.2) is 0 Å². The number of rotatable bonds is 1. The van der Waals surface area contributed by atoms with Crippen molar-refractivity contribution in [3.05, 3.63) is 27.1 Å². The van der Waals surface area contributed by atoms with Crippen LogP contribution in [-0.4, -0.2) is 17.9 Å². The van der Waals surface area contributed by atoms with E-state index >= 15 is 0 Å². The van der Waals surface area contributed by atoms with E-state index < -0.39 is 0 Å². The predicted octanol–water partition coefficient (Wildman–Crippen LogP) is 4.30. The zero-order valence-electron chi connectivity index (χ0n) is 10.0. The zero-order valence-corrected chi connectivity index (χ0v) is 13.2. The first-order chi connectivity index (χ1) is 8.65. The highest BCUT2D eigenvalue weighted by Gasteiger charge is 2.38. The number of carbonyl (C=O) groups excluding carboxylic acids is 1. The number of halogens is 2. The molecule has 2 bridgehead atoms. The molecule has 2 unspecified atom stereocenters. The molecule has 2 aliphatic rings. The zero-order chi connectivity index (χ0) is 12.7. The SMILES string of the molecule is O=C1CC2CCCC(C1)N2c1cc(Br)ccc1Br. The number of hydrogen-bond donors (Lipinski definition) is 0. The van der Waals surface area contributed by atoms with E-state index in [1.54, 1.807) is 0 Å². The molecule has 0 aliphatic carbocycles. The molecule has 0 saturated carbocycles. The first-order valence-corrected chi connectivity index (χ1v) is 7.99. The first kappa shape index (κ1) is 12.7. The van der Waals surface area contributed by atoms with Crippen LogP contribution >= 0.6 is 31.9 Å². The fourth-order valence-electron chi connectivity index (χ4n) is 3.25. The largest absolute Gasteiger partial charge is 0.364 e. The van der Waals surface area contributed by atoms with Crippen LogP contribution in [0.25, 0.3) is 0 Å². The minimum atomic E-state index is 0.399. The Kier molecular flexibility index (Phi) is 3.50. The van der Waals surface area contributed by atoms with Gasteiger partial charge in [-0.25, -0.2) is 0 Å². The van der Waals surface area contributed by atoms with E-state index in [4.69, 9.17) is 0 Å². The average molecular weight is 373 g/mol. The number of benzene rings is 1. The Morgan fingerprint density at radius 3 is 2.44 bits per heavy atom. The van der Waals surface area contributed by atoms with Gasteiger partial charge < -0.3 is 4.90 Å². The molecule has 2 fully saturated rings. The normalized spacial score (nSPS) is 27.4. The van der Waals surface area contributed by atoms with Crippen LogP contribution in [0.4, 0.5) is 5.69 Å². The molecule has 0 spiro atoms. The number of fused-ring (bicyclic) bond motifs is 2. The lowest BCUT2D eigenvalue weighted by Crippen LogP contribution is -2.52. The molecule has 2 nitrogen and oxygen atoms in total. The minimum absolute atomic E-state index is 0.399. The van der Waals surface area contributed by atoms with Crippen molar-refractivity contribution < 1.29 is 4.79 Å². The molecule has 1 aromatic carbocycles. The standard InChI is InChI=1S/C14H15Br2NO/c15-9-4-5-13(16)14(6-9)17-10-2-1-3-11(17)8-12(18)7-10/h4-6,10-11H,1-3,7-8H2. The fourth-order valence-corrected chi connectivity index (χ4v) is 4.05. The maximum Gasteiger partial charge on any atom is 0.137 e. The summed E-state index contributed by atoms with van der Waals surface area (Å²) in [6.45, 7) is 0. The molecule has 0 radical (unpaired) electrons. The highest BCUT2D eigenvalue weighted by atomic mass is 79.9. The van der Waals surface area contributed by atoms with Gasteiger partial charge in [-0.15, -0.1) is 0 Å². The van der Waals surface area contributed by atoms with E-state index in [2.05, 4.69) is 48.9 Å². The Morgan fingerprint density at radius 1 is 1.11 bits per heavy atom. The maximum atomic E-state index is 11.8. The smallest absolute Gasteiger partial charge is 0.137 e. The highest BCUT2D eigenvalue weighted by Crippen LogP contribution is 2.40. The number of hydrogen-bond acceptors (Lipinski definition) is 2. The van der Waals surface area contributed by atoms with Crippen molar-refractivity contribution in [2.45, 2.75) is 44.2 Å². The Hall–Kier alpha value is -0.350. The van der Waals surface area contributed by atoms with Crippen LogP contribution in [-0.2, 0) is 4.79 Å². The molecule has 0 aromatic heterocycles. The van der Waals surface area contributed by atoms with Crippen LogP contribution in [0.2, 0.25) is 0 Å². The number of ketones is 1. The lowest BCUT2D eigenvalue weighted by atomic mass is 9.83. The molecule has 2 heterocycles. The third-order valence-electron chi connectivity index (χ3n) is 3.97. The Morgan fingerprint density at radius 2 is 1.78 bits per heavy atom. The summed E-state index contributed by atoms with van der Waals surface area (Å²) in [6, 6.07) is 7.07. The van der Waals surface area contributed by atoms with E-state index in [1.807, 2.05) is 6.07 Å². The van der Waals surface area contributed by atoms with Crippen LogP contribution in [0.15, 0.2) is 27.1 Å². The van der Waals surface area contributed by atoms with Crippen molar-refractivity contribution in [1.29, 1.82) is 0 Å². The van der Waals surface area contributed by atoms with Gasteiger partial charge in [-0.1, -0.05) is 15.9 Å². The summed E-state index contributed by atoms with van der Waals surface area (Å²) < 4.78 is 2.22. The third-order valence-corrected chi connectivity index (χ3v) is 5.14. The summed E-state index contributed by atoms with van der Waals surface area (Å²) in [4.78, 5) is 14.2. The van der Waals surface area contributed by atoms with Gasteiger partial charge >= 0.3 is 0 Å². The van der Waals surface area contributed by atoms with Gasteiger partial charge in [0.25, 0.3) is 0 Å². The Labute approximate surface area is 124 Å². The second kappa shape index (κ2) is 4.97. The van der Waals surface area contributed by atoms with Gasteiger partial charge in [0, 0.05) is 33.9 Å². The number of nitrogens with zero attached hydrogens (tertiary/aromatic N) is 1. The van der Waals surface area contributed by atoms with Crippen molar-refractivity contribution in [1.82, 2.24) is 0 Å². The van der Waals surface area contributed by atoms with Crippen LogP contribution in [0.3, 0.4) is 0 Å². The number of Topliss-reactive ketones (excluding diaryl/α,β-unsaturated/α-hetero) is 1. The molecule has 0 amide bonds. The Balaban J connectivity index is 2.00. The molecular formula is C14H15Br2NO. The van der Waals surface area contributed by atoms with Crippen LogP contribution in [0, 0.1) is 0 Å². The van der Waals surface area contributed by atoms with E-state index in [1.165, 1.54) is 12.1 Å². The first-order valence-electron chi connectivity index (χ1n) is 6.40. The minimum Gasteiger partial charge on any atom is -0.364 e. The van der Waals surface area contributed by atoms with E-state index in [9.17, 15) is 4.79 Å². The highest BCUT2D eigenvalue weighted by molar-refractivity contribution is 9.11. The number of piperidine rings is 2. The summed E-state index contributed by atoms with van der Waals surface area (Å²) in [7, 11) is 0. The Bertz CT molecular complexity index is 473. The second-order valence-electron chi connectivity index (χ2n) is 5.19. The maximum absolute atomic E-state index is 11.8. The van der Waals surface area contributed by atoms with Crippen molar-refractivity contribution in [3.8, 4) is 0 Å². The van der Waals surface area contributed by atoms with Gasteiger partial charge in [-0.2, -0.15) is 0 Å². The van der Waals surface area contributed by atoms with E-state index in [-0.39, 0.29) is 0 Å². The molecule has 4 heteroatoms. The lowest BCUT2D eigenvalue weighted by Gasteiger charge is -2.47. The average Bonchev–Trinajstić information content (AvgIpc) is 2.31. The number of carbonyl (C=O) groups is 1. The summed E-state index contributed by atoms with van der Waals surface area (Å²) in [6.07, 6.45) is 4.97. The van der Waals surface area contributed by atoms with Crippen LogP contribution in [0.1, 0.15) is 32.1 Å². The molecule has 2 aliphatic heterocycles. The monoisotopic (exact) mass is 371 g/mol. The molecule has 96 valence electrons. The summed E-state index contributed by atoms with van der Waals surface area (Å²) in [5, 5.41) is 0. The van der Waals surface area contributed by atoms with Crippen LogP contribution < -0.4 is 4.90 Å². The van der Waals surface area contributed by atoms with Crippen molar-refractivity contribution in [2.75, 3.05) is 4.90 Å². The van der Waals surface area contributed by atoms with Gasteiger partial charge in [-0.05, 0) is 53.4 Å². The summed E-state index contributed by atoms with van der Waals surface area (Å²) in [5.74, 6) is 0.437.